The van der Waals surface area contributed by atoms with Crippen LogP contribution in [0.3, 0.4) is 0 Å². The van der Waals surface area contributed by atoms with Crippen molar-refractivity contribution < 1.29 is 13.2 Å². The lowest BCUT2D eigenvalue weighted by Gasteiger charge is -2.19. The standard InChI is InChI=1S/C22H19F3N6O/c1-11(14-5-4-6-15(18(14)23)19(24)25)28-20-17-9-16(13-7-8-26-27-10-13)22(32)31(3)21(17)30-12(2)29-20/h4-11,19H,1-3H3,(H,28,29,30)/t11-/m1/s1. The highest BCUT2D eigenvalue weighted by Gasteiger charge is 2.21. The van der Waals surface area contributed by atoms with Crippen LogP contribution in [0.1, 0.15) is 36.3 Å². The SMILES string of the molecule is Cc1nc(N[C@H](C)c2cccc(C(F)F)c2F)c2cc(-c3ccnnc3)c(=O)n(C)c2n1. The molecule has 0 amide bonds. The summed E-state index contributed by atoms with van der Waals surface area (Å²) in [7, 11) is 1.59. The van der Waals surface area contributed by atoms with Gasteiger partial charge in [0.15, 0.2) is 0 Å². The van der Waals surface area contributed by atoms with Gasteiger partial charge in [-0.1, -0.05) is 18.2 Å². The molecule has 1 atom stereocenters. The van der Waals surface area contributed by atoms with Gasteiger partial charge in [0.1, 0.15) is 23.1 Å². The predicted octanol–water partition coefficient (Wildman–Crippen LogP) is 4.34. The molecular formula is C22H19F3N6O. The van der Waals surface area contributed by atoms with Crippen molar-refractivity contribution in [2.75, 3.05) is 5.32 Å². The monoisotopic (exact) mass is 440 g/mol. The molecule has 0 aliphatic rings. The number of nitrogens with one attached hydrogen (secondary N) is 1. The molecule has 0 aliphatic heterocycles. The van der Waals surface area contributed by atoms with Crippen LogP contribution in [0, 0.1) is 12.7 Å². The summed E-state index contributed by atoms with van der Waals surface area (Å²) in [5, 5.41) is 11.2. The van der Waals surface area contributed by atoms with Crippen molar-refractivity contribution in [1.82, 2.24) is 24.7 Å². The van der Waals surface area contributed by atoms with Crippen LogP contribution >= 0.6 is 0 Å². The van der Waals surface area contributed by atoms with Gasteiger partial charge in [-0.05, 0) is 26.0 Å². The van der Waals surface area contributed by atoms with Crippen LogP contribution in [0.25, 0.3) is 22.2 Å². The first kappa shape index (κ1) is 21.4. The number of rotatable bonds is 5. The minimum atomic E-state index is -2.92. The molecule has 32 heavy (non-hydrogen) atoms. The number of hydrogen-bond acceptors (Lipinski definition) is 6. The number of benzene rings is 1. The van der Waals surface area contributed by atoms with Crippen molar-refractivity contribution in [3.8, 4) is 11.1 Å². The van der Waals surface area contributed by atoms with Gasteiger partial charge >= 0.3 is 0 Å². The van der Waals surface area contributed by atoms with Crippen molar-refractivity contribution in [2.45, 2.75) is 26.3 Å². The highest BCUT2D eigenvalue weighted by atomic mass is 19.3. The summed E-state index contributed by atoms with van der Waals surface area (Å²) in [5.41, 5.74) is 0.454. The molecule has 3 heterocycles. The van der Waals surface area contributed by atoms with Crippen LogP contribution in [0.5, 0.6) is 0 Å². The first-order chi connectivity index (χ1) is 15.3. The third-order valence-electron chi connectivity index (χ3n) is 5.19. The van der Waals surface area contributed by atoms with Gasteiger partial charge in [-0.2, -0.15) is 10.2 Å². The number of halogens is 3. The van der Waals surface area contributed by atoms with Gasteiger partial charge in [-0.25, -0.2) is 23.1 Å². The lowest BCUT2D eigenvalue weighted by Crippen LogP contribution is -2.21. The number of alkyl halides is 2. The lowest BCUT2D eigenvalue weighted by atomic mass is 10.0. The molecule has 0 bridgehead atoms. The van der Waals surface area contributed by atoms with Crippen molar-refractivity contribution >= 4 is 16.9 Å². The Labute approximate surface area is 181 Å². The molecule has 1 N–H and O–H groups in total. The van der Waals surface area contributed by atoms with E-state index in [4.69, 9.17) is 0 Å². The van der Waals surface area contributed by atoms with Crippen LogP contribution in [-0.2, 0) is 7.05 Å². The minimum absolute atomic E-state index is 0.0793. The van der Waals surface area contributed by atoms with Gasteiger partial charge in [-0.3, -0.25) is 9.36 Å². The van der Waals surface area contributed by atoms with E-state index < -0.39 is 23.8 Å². The Bertz CT molecular complexity index is 1360. The van der Waals surface area contributed by atoms with E-state index in [-0.39, 0.29) is 11.1 Å². The maximum absolute atomic E-state index is 14.7. The highest BCUT2D eigenvalue weighted by Crippen LogP contribution is 2.31. The number of hydrogen-bond donors (Lipinski definition) is 1. The number of fused-ring (bicyclic) bond motifs is 1. The fourth-order valence-corrected chi connectivity index (χ4v) is 3.56. The summed E-state index contributed by atoms with van der Waals surface area (Å²) < 4.78 is 42.3. The number of pyridine rings is 1. The van der Waals surface area contributed by atoms with Crippen molar-refractivity contribution in [3.05, 3.63) is 75.8 Å². The fourth-order valence-electron chi connectivity index (χ4n) is 3.56. The summed E-state index contributed by atoms with van der Waals surface area (Å²) >= 11 is 0. The first-order valence-corrected chi connectivity index (χ1v) is 9.76. The lowest BCUT2D eigenvalue weighted by molar-refractivity contribution is 0.146. The van der Waals surface area contributed by atoms with Gasteiger partial charge in [0.05, 0.1) is 29.4 Å². The van der Waals surface area contributed by atoms with Gasteiger partial charge in [0.25, 0.3) is 12.0 Å². The van der Waals surface area contributed by atoms with Crippen molar-refractivity contribution in [1.29, 1.82) is 0 Å². The Balaban J connectivity index is 1.85. The van der Waals surface area contributed by atoms with Crippen LogP contribution in [-0.4, -0.2) is 24.7 Å². The summed E-state index contributed by atoms with van der Waals surface area (Å²) in [6.45, 7) is 3.31. The number of nitrogens with zero attached hydrogens (tertiary/aromatic N) is 5. The van der Waals surface area contributed by atoms with E-state index in [9.17, 15) is 18.0 Å². The smallest absolute Gasteiger partial charge is 0.266 e. The number of aryl methyl sites for hydroxylation is 2. The predicted molar refractivity (Wildman–Crippen MR) is 114 cm³/mol. The van der Waals surface area contributed by atoms with Crippen LogP contribution < -0.4 is 10.9 Å². The molecule has 0 spiro atoms. The zero-order valence-electron chi connectivity index (χ0n) is 17.5. The Kier molecular flexibility index (Phi) is 5.60. The van der Waals surface area contributed by atoms with Gasteiger partial charge in [0, 0.05) is 23.7 Å². The molecule has 10 heteroatoms. The summed E-state index contributed by atoms with van der Waals surface area (Å²) in [6.07, 6.45) is 0.0266. The summed E-state index contributed by atoms with van der Waals surface area (Å²) in [5.74, 6) is -0.225. The molecule has 7 nitrogen and oxygen atoms in total. The molecule has 0 unspecified atom stereocenters. The molecule has 0 radical (unpaired) electrons. The van der Waals surface area contributed by atoms with E-state index in [0.29, 0.717) is 33.8 Å². The fraction of sp³-hybridized carbons (Fsp3) is 0.227. The van der Waals surface area contributed by atoms with Gasteiger partial charge in [-0.15, -0.1) is 0 Å². The molecule has 4 aromatic rings. The Hall–Kier alpha value is -3.82. The maximum Gasteiger partial charge on any atom is 0.266 e. The zero-order chi connectivity index (χ0) is 23.0. The second-order valence-corrected chi connectivity index (χ2v) is 7.33. The first-order valence-electron chi connectivity index (χ1n) is 9.76. The highest BCUT2D eigenvalue weighted by molar-refractivity contribution is 5.90. The Morgan fingerprint density at radius 2 is 1.84 bits per heavy atom. The topological polar surface area (TPSA) is 85.6 Å². The summed E-state index contributed by atoms with van der Waals surface area (Å²) in [6, 6.07) is 6.50. The molecular weight excluding hydrogens is 421 g/mol. The number of anilines is 1. The largest absolute Gasteiger partial charge is 0.363 e. The van der Waals surface area contributed by atoms with Gasteiger partial charge in [0.2, 0.25) is 0 Å². The third kappa shape index (κ3) is 3.79. The Morgan fingerprint density at radius 1 is 1.09 bits per heavy atom. The quantitative estimate of drug-likeness (QED) is 0.497. The molecule has 1 aromatic carbocycles. The normalized spacial score (nSPS) is 12.3. The molecule has 0 saturated heterocycles. The van der Waals surface area contributed by atoms with E-state index in [1.165, 1.54) is 29.1 Å². The van der Waals surface area contributed by atoms with E-state index in [1.807, 2.05) is 0 Å². The average molecular weight is 440 g/mol. The molecule has 3 aromatic heterocycles. The third-order valence-corrected chi connectivity index (χ3v) is 5.19. The molecule has 0 aliphatic carbocycles. The van der Waals surface area contributed by atoms with Crippen LogP contribution in [0.2, 0.25) is 0 Å². The van der Waals surface area contributed by atoms with E-state index in [1.54, 1.807) is 33.0 Å². The van der Waals surface area contributed by atoms with Crippen molar-refractivity contribution in [3.63, 3.8) is 0 Å². The Morgan fingerprint density at radius 3 is 2.53 bits per heavy atom. The van der Waals surface area contributed by atoms with Gasteiger partial charge < -0.3 is 5.32 Å². The minimum Gasteiger partial charge on any atom is -0.363 e. The maximum atomic E-state index is 14.7. The van der Waals surface area contributed by atoms with E-state index in [0.717, 1.165) is 6.07 Å². The summed E-state index contributed by atoms with van der Waals surface area (Å²) in [4.78, 5) is 21.7. The molecule has 164 valence electrons. The van der Waals surface area contributed by atoms with Crippen molar-refractivity contribution in [2.24, 2.45) is 7.05 Å². The van der Waals surface area contributed by atoms with Crippen LogP contribution in [0.15, 0.2) is 47.5 Å². The second-order valence-electron chi connectivity index (χ2n) is 7.33. The number of aromatic nitrogens is 5. The second kappa shape index (κ2) is 8.37. The van der Waals surface area contributed by atoms with E-state index >= 15 is 0 Å². The zero-order valence-corrected chi connectivity index (χ0v) is 17.5. The van der Waals surface area contributed by atoms with E-state index in [2.05, 4.69) is 25.5 Å². The average Bonchev–Trinajstić information content (AvgIpc) is 2.77. The molecule has 0 fully saturated rings. The molecule has 0 saturated carbocycles. The van der Waals surface area contributed by atoms with Crippen LogP contribution in [0.4, 0.5) is 19.0 Å². The molecule has 4 rings (SSSR count).